The fraction of sp³-hybridized carbons (Fsp3) is 0.667. The molecule has 5 N–H and O–H groups in total. The number of carbonyl (C=O) groups excluding carboxylic acids is 2. The number of hydrogen-bond donors (Lipinski definition) is 4. The Bertz CT molecular complexity index is 276. The number of hydrogen-bond acceptors (Lipinski definition) is 4. The van der Waals surface area contributed by atoms with Crippen molar-refractivity contribution in [1.82, 2.24) is 10.6 Å². The molecule has 0 aromatic heterocycles. The Labute approximate surface area is 94.1 Å². The Morgan fingerprint density at radius 1 is 1.38 bits per heavy atom. The molecule has 0 fully saturated rings. The molecule has 0 spiro atoms. The second-order valence-electron chi connectivity index (χ2n) is 3.59. The fourth-order valence-electron chi connectivity index (χ4n) is 0.972. The number of nitrogens with zero attached hydrogens (tertiary/aromatic N) is 1. The van der Waals surface area contributed by atoms with Crippen molar-refractivity contribution >= 4 is 17.6 Å². The van der Waals surface area contributed by atoms with Crippen LogP contribution in [0.25, 0.3) is 0 Å². The normalized spacial score (nSPS) is 11.3. The van der Waals surface area contributed by atoms with Crippen LogP contribution in [0.4, 0.5) is 0 Å². The van der Waals surface area contributed by atoms with Crippen LogP contribution in [0.1, 0.15) is 26.7 Å². The maximum atomic E-state index is 11.2. The molecule has 0 aromatic carbocycles. The first-order chi connectivity index (χ1) is 7.45. The van der Waals surface area contributed by atoms with Gasteiger partial charge in [0.1, 0.15) is 5.84 Å². The highest BCUT2D eigenvalue weighted by atomic mass is 16.4. The molecule has 0 radical (unpaired) electrons. The monoisotopic (exact) mass is 230 g/mol. The minimum atomic E-state index is -0.382. The fourth-order valence-corrected chi connectivity index (χ4v) is 0.972. The van der Waals surface area contributed by atoms with Gasteiger partial charge < -0.3 is 21.6 Å². The number of rotatable bonds is 6. The van der Waals surface area contributed by atoms with Gasteiger partial charge >= 0.3 is 0 Å². The maximum Gasteiger partial charge on any atom is 0.227 e. The molecular weight excluding hydrogens is 212 g/mol. The van der Waals surface area contributed by atoms with Crippen molar-refractivity contribution in [3.8, 4) is 0 Å². The zero-order valence-electron chi connectivity index (χ0n) is 9.49. The van der Waals surface area contributed by atoms with Gasteiger partial charge in [-0.3, -0.25) is 9.59 Å². The summed E-state index contributed by atoms with van der Waals surface area (Å²) < 4.78 is 0. The third-order valence-corrected chi connectivity index (χ3v) is 1.59. The molecule has 92 valence electrons. The Morgan fingerprint density at radius 2 is 2.00 bits per heavy atom. The van der Waals surface area contributed by atoms with Crippen LogP contribution in [-0.2, 0) is 9.59 Å². The zero-order valence-corrected chi connectivity index (χ0v) is 9.49. The summed E-state index contributed by atoms with van der Waals surface area (Å²) in [5.74, 6) is -0.670. The third kappa shape index (κ3) is 7.60. The van der Waals surface area contributed by atoms with Gasteiger partial charge in [0.2, 0.25) is 11.8 Å². The molecule has 16 heavy (non-hydrogen) atoms. The molecule has 7 nitrogen and oxygen atoms in total. The van der Waals surface area contributed by atoms with Crippen LogP contribution in [0.15, 0.2) is 5.16 Å². The first-order valence-electron chi connectivity index (χ1n) is 4.98. The largest absolute Gasteiger partial charge is 0.409 e. The van der Waals surface area contributed by atoms with Gasteiger partial charge in [0.05, 0.1) is 6.42 Å². The van der Waals surface area contributed by atoms with Crippen LogP contribution in [0.2, 0.25) is 0 Å². The van der Waals surface area contributed by atoms with Gasteiger partial charge in [0, 0.05) is 19.0 Å². The molecule has 0 rings (SSSR count). The van der Waals surface area contributed by atoms with Crippen LogP contribution < -0.4 is 16.4 Å². The van der Waals surface area contributed by atoms with Gasteiger partial charge in [-0.1, -0.05) is 5.16 Å². The summed E-state index contributed by atoms with van der Waals surface area (Å²) in [5.41, 5.74) is 5.13. The van der Waals surface area contributed by atoms with Crippen LogP contribution >= 0.6 is 0 Å². The zero-order chi connectivity index (χ0) is 12.6. The number of amides is 2. The van der Waals surface area contributed by atoms with E-state index in [0.717, 1.165) is 0 Å². The molecule has 0 saturated carbocycles. The van der Waals surface area contributed by atoms with E-state index < -0.39 is 0 Å². The van der Waals surface area contributed by atoms with Gasteiger partial charge in [0.15, 0.2) is 0 Å². The maximum absolute atomic E-state index is 11.2. The summed E-state index contributed by atoms with van der Waals surface area (Å²) in [6.07, 6.45) is 0.0302. The molecule has 2 amide bonds. The highest BCUT2D eigenvalue weighted by Crippen LogP contribution is 1.84. The highest BCUT2D eigenvalue weighted by molar-refractivity contribution is 5.98. The van der Waals surface area contributed by atoms with Crippen LogP contribution in [0, 0.1) is 0 Å². The molecule has 0 atom stereocenters. The second-order valence-corrected chi connectivity index (χ2v) is 3.59. The number of carbonyl (C=O) groups is 2. The van der Waals surface area contributed by atoms with Crippen molar-refractivity contribution in [2.75, 3.05) is 6.54 Å². The smallest absolute Gasteiger partial charge is 0.227 e. The third-order valence-electron chi connectivity index (χ3n) is 1.59. The molecule has 0 bridgehead atoms. The quantitative estimate of drug-likeness (QED) is 0.206. The second kappa shape index (κ2) is 7.49. The molecule has 0 saturated heterocycles. The van der Waals surface area contributed by atoms with Crippen LogP contribution in [0.3, 0.4) is 0 Å². The molecule has 0 aliphatic heterocycles. The van der Waals surface area contributed by atoms with E-state index in [1.54, 1.807) is 0 Å². The Morgan fingerprint density at radius 3 is 2.50 bits per heavy atom. The summed E-state index contributed by atoms with van der Waals surface area (Å²) in [6.45, 7) is 3.94. The lowest BCUT2D eigenvalue weighted by molar-refractivity contribution is -0.122. The molecule has 0 unspecified atom stereocenters. The summed E-state index contributed by atoms with van der Waals surface area (Å²) in [7, 11) is 0. The lowest BCUT2D eigenvalue weighted by Gasteiger charge is -2.08. The standard InChI is InChI=1S/C9H18N4O3/c1-6(2)12-8(14)3-4-11-9(15)5-7(10)13-16/h6,16H,3-5H2,1-2H3,(H2,10,13)(H,11,15)(H,12,14). The van der Waals surface area contributed by atoms with Gasteiger partial charge in [0.25, 0.3) is 0 Å². The topological polar surface area (TPSA) is 117 Å². The van der Waals surface area contributed by atoms with Gasteiger partial charge in [-0.2, -0.15) is 0 Å². The summed E-state index contributed by atoms with van der Waals surface area (Å²) >= 11 is 0. The average molecular weight is 230 g/mol. The predicted molar refractivity (Wildman–Crippen MR) is 58.9 cm³/mol. The van der Waals surface area contributed by atoms with Crippen molar-refractivity contribution in [2.45, 2.75) is 32.7 Å². The van der Waals surface area contributed by atoms with Crippen molar-refractivity contribution in [2.24, 2.45) is 10.9 Å². The summed E-state index contributed by atoms with van der Waals surface area (Å²) in [5, 5.41) is 16.1. The van der Waals surface area contributed by atoms with E-state index >= 15 is 0 Å². The van der Waals surface area contributed by atoms with Crippen molar-refractivity contribution < 1.29 is 14.8 Å². The average Bonchev–Trinajstić information content (AvgIpc) is 2.16. The lowest BCUT2D eigenvalue weighted by Crippen LogP contribution is -2.35. The molecule has 0 heterocycles. The Balaban J connectivity index is 3.66. The molecule has 0 aliphatic rings. The molecule has 0 aromatic rings. The van der Waals surface area contributed by atoms with Crippen molar-refractivity contribution in [3.05, 3.63) is 0 Å². The molecular formula is C9H18N4O3. The first kappa shape index (κ1) is 14.2. The molecule has 0 aliphatic carbocycles. The summed E-state index contributed by atoms with van der Waals surface area (Å²) in [4.78, 5) is 22.3. The van der Waals surface area contributed by atoms with E-state index in [2.05, 4.69) is 15.8 Å². The number of nitrogens with one attached hydrogen (secondary N) is 2. The first-order valence-corrected chi connectivity index (χ1v) is 4.98. The van der Waals surface area contributed by atoms with E-state index in [4.69, 9.17) is 10.9 Å². The predicted octanol–water partition coefficient (Wildman–Crippen LogP) is -0.846. The van der Waals surface area contributed by atoms with E-state index in [1.807, 2.05) is 13.8 Å². The highest BCUT2D eigenvalue weighted by Gasteiger charge is 2.06. The van der Waals surface area contributed by atoms with Crippen molar-refractivity contribution in [1.29, 1.82) is 0 Å². The van der Waals surface area contributed by atoms with Gasteiger partial charge in [-0.05, 0) is 13.8 Å². The van der Waals surface area contributed by atoms with Crippen LogP contribution in [0.5, 0.6) is 0 Å². The van der Waals surface area contributed by atoms with E-state index in [0.29, 0.717) is 0 Å². The number of amidine groups is 1. The SMILES string of the molecule is CC(C)NC(=O)CCNC(=O)CC(N)=NO. The Kier molecular flexibility index (Phi) is 6.66. The van der Waals surface area contributed by atoms with E-state index in [9.17, 15) is 9.59 Å². The minimum Gasteiger partial charge on any atom is -0.409 e. The molecule has 7 heteroatoms. The lowest BCUT2D eigenvalue weighted by atomic mass is 10.3. The van der Waals surface area contributed by atoms with Gasteiger partial charge in [-0.25, -0.2) is 0 Å². The van der Waals surface area contributed by atoms with Gasteiger partial charge in [-0.15, -0.1) is 0 Å². The Hall–Kier alpha value is -1.79. The van der Waals surface area contributed by atoms with E-state index in [1.165, 1.54) is 0 Å². The van der Waals surface area contributed by atoms with Crippen molar-refractivity contribution in [3.63, 3.8) is 0 Å². The van der Waals surface area contributed by atoms with E-state index in [-0.39, 0.29) is 43.1 Å². The summed E-state index contributed by atoms with van der Waals surface area (Å²) in [6, 6.07) is 0.0837. The number of nitrogens with two attached hydrogens (primary N) is 1. The number of oxime groups is 1. The minimum absolute atomic E-state index is 0.0837. The van der Waals surface area contributed by atoms with Crippen LogP contribution in [-0.4, -0.2) is 35.4 Å².